The molecule has 140 valence electrons. The molecule has 0 radical (unpaired) electrons. The number of aryl methyl sites for hydroxylation is 1. The van der Waals surface area contributed by atoms with Crippen LogP contribution in [0, 0.1) is 6.92 Å². The number of sulfonamides is 1. The van der Waals surface area contributed by atoms with Gasteiger partial charge in [0.15, 0.2) is 5.82 Å². The fourth-order valence-electron chi connectivity index (χ4n) is 2.21. The minimum atomic E-state index is -3.81. The second-order valence-corrected chi connectivity index (χ2v) is 7.32. The zero-order chi connectivity index (χ0) is 19.3. The van der Waals surface area contributed by atoms with Gasteiger partial charge in [-0.05, 0) is 36.8 Å². The third-order valence-electron chi connectivity index (χ3n) is 3.49. The van der Waals surface area contributed by atoms with Gasteiger partial charge in [-0.3, -0.25) is 10.0 Å². The normalized spacial score (nSPS) is 11.0. The second-order valence-electron chi connectivity index (χ2n) is 5.64. The Morgan fingerprint density at radius 3 is 2.44 bits per heavy atom. The molecule has 0 aliphatic heterocycles. The molecular weight excluding hydrogens is 370 g/mol. The molecule has 0 bridgehead atoms. The summed E-state index contributed by atoms with van der Waals surface area (Å²) in [5.41, 5.74) is 1.27. The van der Waals surface area contributed by atoms with E-state index in [0.717, 1.165) is 5.56 Å². The Kier molecular flexibility index (Phi) is 5.41. The number of aromatic nitrogens is 1. The first-order valence-electron chi connectivity index (χ1n) is 7.96. The van der Waals surface area contributed by atoms with E-state index in [9.17, 15) is 13.2 Å². The van der Waals surface area contributed by atoms with Crippen LogP contribution in [0.25, 0.3) is 0 Å². The standard InChI is InChI=1S/C18H17N3O5S/c1-13-11-17(20-26-13)21-27(23,24)16-9-7-15(8-10-16)19-18(22)25-12-14-5-3-2-4-6-14/h2-11H,12H2,1H3,(H,19,22)(H,20,21). The Bertz CT molecular complexity index is 1010. The summed E-state index contributed by atoms with van der Waals surface area (Å²) in [7, 11) is -3.81. The number of nitrogens with one attached hydrogen (secondary N) is 2. The minimum Gasteiger partial charge on any atom is -0.444 e. The smallest absolute Gasteiger partial charge is 0.411 e. The lowest BCUT2D eigenvalue weighted by Crippen LogP contribution is -2.15. The van der Waals surface area contributed by atoms with Crippen molar-refractivity contribution in [1.29, 1.82) is 0 Å². The highest BCUT2D eigenvalue weighted by atomic mass is 32.2. The third kappa shape index (κ3) is 5.08. The number of nitrogens with zero attached hydrogens (tertiary/aromatic N) is 1. The number of ether oxygens (including phenoxy) is 1. The average molecular weight is 387 g/mol. The van der Waals surface area contributed by atoms with E-state index >= 15 is 0 Å². The molecule has 1 aromatic heterocycles. The van der Waals surface area contributed by atoms with Crippen LogP contribution in [0.3, 0.4) is 0 Å². The number of carbonyl (C=O) groups excluding carboxylic acids is 1. The van der Waals surface area contributed by atoms with Crippen LogP contribution in [0.2, 0.25) is 0 Å². The molecule has 27 heavy (non-hydrogen) atoms. The number of anilines is 2. The van der Waals surface area contributed by atoms with Gasteiger partial charge in [-0.1, -0.05) is 35.5 Å². The van der Waals surface area contributed by atoms with E-state index in [-0.39, 0.29) is 17.3 Å². The van der Waals surface area contributed by atoms with Gasteiger partial charge in [0.2, 0.25) is 0 Å². The maximum absolute atomic E-state index is 12.3. The van der Waals surface area contributed by atoms with Gasteiger partial charge in [-0.15, -0.1) is 0 Å². The highest BCUT2D eigenvalue weighted by molar-refractivity contribution is 7.92. The molecule has 0 spiro atoms. The Morgan fingerprint density at radius 1 is 1.11 bits per heavy atom. The van der Waals surface area contributed by atoms with Crippen molar-refractivity contribution in [3.05, 3.63) is 72.0 Å². The van der Waals surface area contributed by atoms with Crippen LogP contribution < -0.4 is 10.0 Å². The lowest BCUT2D eigenvalue weighted by Gasteiger charge is -2.08. The Morgan fingerprint density at radius 2 is 1.81 bits per heavy atom. The van der Waals surface area contributed by atoms with Gasteiger partial charge < -0.3 is 9.26 Å². The van der Waals surface area contributed by atoms with Crippen LogP contribution >= 0.6 is 0 Å². The van der Waals surface area contributed by atoms with Crippen LogP contribution in [-0.2, 0) is 21.4 Å². The Balaban J connectivity index is 1.58. The molecule has 2 aromatic carbocycles. The average Bonchev–Trinajstić information content (AvgIpc) is 3.05. The predicted molar refractivity (Wildman–Crippen MR) is 98.7 cm³/mol. The summed E-state index contributed by atoms with van der Waals surface area (Å²) in [5.74, 6) is 0.584. The van der Waals surface area contributed by atoms with E-state index in [2.05, 4.69) is 15.2 Å². The molecule has 0 fully saturated rings. The first-order chi connectivity index (χ1) is 12.9. The van der Waals surface area contributed by atoms with E-state index in [1.807, 2.05) is 30.3 Å². The van der Waals surface area contributed by atoms with E-state index in [0.29, 0.717) is 11.4 Å². The van der Waals surface area contributed by atoms with Crippen LogP contribution in [-0.4, -0.2) is 19.7 Å². The molecule has 3 aromatic rings. The fraction of sp³-hybridized carbons (Fsp3) is 0.111. The summed E-state index contributed by atoms with van der Waals surface area (Å²) in [6.07, 6.45) is -0.634. The largest absolute Gasteiger partial charge is 0.444 e. The lowest BCUT2D eigenvalue weighted by molar-refractivity contribution is 0.155. The van der Waals surface area contributed by atoms with Crippen LogP contribution in [0.5, 0.6) is 0 Å². The predicted octanol–water partition coefficient (Wildman–Crippen LogP) is 3.53. The van der Waals surface area contributed by atoms with Crippen molar-refractivity contribution < 1.29 is 22.5 Å². The topological polar surface area (TPSA) is 111 Å². The number of rotatable bonds is 6. The monoisotopic (exact) mass is 387 g/mol. The summed E-state index contributed by atoms with van der Waals surface area (Å²) in [5, 5.41) is 6.13. The quantitative estimate of drug-likeness (QED) is 0.669. The summed E-state index contributed by atoms with van der Waals surface area (Å²) >= 11 is 0. The molecule has 9 heteroatoms. The lowest BCUT2D eigenvalue weighted by atomic mass is 10.2. The van der Waals surface area contributed by atoms with Crippen molar-refractivity contribution in [3.63, 3.8) is 0 Å². The summed E-state index contributed by atoms with van der Waals surface area (Å²) < 4.78 is 36.8. The van der Waals surface area contributed by atoms with Gasteiger partial charge in [-0.2, -0.15) is 0 Å². The molecule has 0 saturated carbocycles. The van der Waals surface area contributed by atoms with E-state index < -0.39 is 16.1 Å². The van der Waals surface area contributed by atoms with Crippen LogP contribution in [0.4, 0.5) is 16.3 Å². The van der Waals surface area contributed by atoms with Gasteiger partial charge in [0.25, 0.3) is 10.0 Å². The maximum Gasteiger partial charge on any atom is 0.411 e. The Labute approximate surface area is 156 Å². The number of benzene rings is 2. The molecular formula is C18H17N3O5S. The zero-order valence-corrected chi connectivity index (χ0v) is 15.2. The van der Waals surface area contributed by atoms with E-state index in [4.69, 9.17) is 9.26 Å². The number of carbonyl (C=O) groups is 1. The van der Waals surface area contributed by atoms with E-state index in [1.54, 1.807) is 6.92 Å². The molecule has 8 nitrogen and oxygen atoms in total. The summed E-state index contributed by atoms with van der Waals surface area (Å²) in [6.45, 7) is 1.79. The maximum atomic E-state index is 12.3. The molecule has 2 N–H and O–H groups in total. The third-order valence-corrected chi connectivity index (χ3v) is 4.86. The first kappa shape index (κ1) is 18.5. The fourth-order valence-corrected chi connectivity index (χ4v) is 3.19. The number of hydrogen-bond donors (Lipinski definition) is 2. The van der Waals surface area contributed by atoms with Crippen molar-refractivity contribution in [2.75, 3.05) is 10.0 Å². The molecule has 0 saturated heterocycles. The molecule has 0 aliphatic rings. The van der Waals surface area contributed by atoms with Gasteiger partial charge >= 0.3 is 6.09 Å². The van der Waals surface area contributed by atoms with Crippen molar-refractivity contribution >= 4 is 27.6 Å². The highest BCUT2D eigenvalue weighted by Gasteiger charge is 2.16. The molecule has 0 aliphatic carbocycles. The molecule has 3 rings (SSSR count). The molecule has 0 atom stereocenters. The van der Waals surface area contributed by atoms with Gasteiger partial charge in [0.05, 0.1) is 4.90 Å². The van der Waals surface area contributed by atoms with Crippen molar-refractivity contribution in [3.8, 4) is 0 Å². The van der Waals surface area contributed by atoms with Gasteiger partial charge in [0, 0.05) is 11.8 Å². The number of hydrogen-bond acceptors (Lipinski definition) is 6. The van der Waals surface area contributed by atoms with Crippen molar-refractivity contribution in [2.24, 2.45) is 0 Å². The summed E-state index contributed by atoms with van der Waals surface area (Å²) in [6, 6.07) is 16.4. The van der Waals surface area contributed by atoms with Crippen molar-refractivity contribution in [1.82, 2.24) is 5.16 Å². The van der Waals surface area contributed by atoms with Gasteiger partial charge in [-0.25, -0.2) is 13.2 Å². The highest BCUT2D eigenvalue weighted by Crippen LogP contribution is 2.18. The summed E-state index contributed by atoms with van der Waals surface area (Å²) in [4.78, 5) is 11.8. The molecule has 1 amide bonds. The molecule has 1 heterocycles. The SMILES string of the molecule is Cc1cc(NS(=O)(=O)c2ccc(NC(=O)OCc3ccccc3)cc2)no1. The van der Waals surface area contributed by atoms with Crippen molar-refractivity contribution in [2.45, 2.75) is 18.4 Å². The van der Waals surface area contributed by atoms with E-state index in [1.165, 1.54) is 30.3 Å². The number of amides is 1. The van der Waals surface area contributed by atoms with Crippen LogP contribution in [0.15, 0.2) is 70.1 Å². The van der Waals surface area contributed by atoms with Gasteiger partial charge in [0.1, 0.15) is 12.4 Å². The minimum absolute atomic E-state index is 0.0198. The Hall–Kier alpha value is -3.33. The molecule has 0 unspecified atom stereocenters. The second kappa shape index (κ2) is 7.92. The van der Waals surface area contributed by atoms with Crippen LogP contribution in [0.1, 0.15) is 11.3 Å². The first-order valence-corrected chi connectivity index (χ1v) is 9.44. The zero-order valence-electron chi connectivity index (χ0n) is 14.4.